The van der Waals surface area contributed by atoms with Crippen molar-refractivity contribution in [1.82, 2.24) is 29.6 Å². The van der Waals surface area contributed by atoms with Gasteiger partial charge in [0.15, 0.2) is 0 Å². The number of nitrogens with zero attached hydrogens (tertiary/aromatic N) is 5. The molecule has 1 aliphatic rings. The van der Waals surface area contributed by atoms with E-state index in [0.717, 1.165) is 25.5 Å². The number of likely N-dealkylation sites (N-methyl/N-ethyl adjacent to an activating group) is 1. The molecule has 1 aliphatic heterocycles. The largest absolute Gasteiger partial charge is 0.347 e. The first-order valence-corrected chi connectivity index (χ1v) is 7.83. The lowest BCUT2D eigenvalue weighted by atomic mass is 10.3. The minimum absolute atomic E-state index is 0.105. The average Bonchev–Trinajstić information content (AvgIpc) is 2.92. The van der Waals surface area contributed by atoms with Gasteiger partial charge in [-0.2, -0.15) is 0 Å². The molecule has 0 aromatic carbocycles. The number of aromatic nitrogens is 2. The Balaban J connectivity index is 1.78. The van der Waals surface area contributed by atoms with Crippen molar-refractivity contribution in [2.24, 2.45) is 7.05 Å². The zero-order valence-electron chi connectivity index (χ0n) is 14.3. The maximum absolute atomic E-state index is 12.2. The second-order valence-electron chi connectivity index (χ2n) is 6.12. The highest BCUT2D eigenvalue weighted by Gasteiger charge is 2.24. The number of imidazole rings is 1. The Morgan fingerprint density at radius 2 is 1.96 bits per heavy atom. The van der Waals surface area contributed by atoms with Gasteiger partial charge in [0.1, 0.15) is 11.9 Å². The van der Waals surface area contributed by atoms with Crippen molar-refractivity contribution in [1.29, 1.82) is 0 Å². The molecule has 2 rings (SSSR count). The molecule has 128 valence electrons. The van der Waals surface area contributed by atoms with Crippen LogP contribution in [0.3, 0.4) is 0 Å². The number of hydrogen-bond acceptors (Lipinski definition) is 4. The van der Waals surface area contributed by atoms with Gasteiger partial charge in [-0.1, -0.05) is 0 Å². The molecule has 0 unspecified atom stereocenters. The van der Waals surface area contributed by atoms with Crippen molar-refractivity contribution >= 4 is 11.9 Å². The van der Waals surface area contributed by atoms with Gasteiger partial charge in [0.05, 0.1) is 6.54 Å². The normalized spacial score (nSPS) is 17.0. The van der Waals surface area contributed by atoms with Crippen LogP contribution in [-0.2, 0) is 18.4 Å². The van der Waals surface area contributed by atoms with E-state index in [0.29, 0.717) is 13.1 Å². The Labute approximate surface area is 137 Å². The molecule has 1 saturated heterocycles. The molecule has 2 heterocycles. The van der Waals surface area contributed by atoms with Crippen molar-refractivity contribution in [3.05, 3.63) is 18.2 Å². The fourth-order valence-corrected chi connectivity index (χ4v) is 2.58. The van der Waals surface area contributed by atoms with E-state index in [2.05, 4.69) is 15.2 Å². The summed E-state index contributed by atoms with van der Waals surface area (Å²) in [4.78, 5) is 33.9. The number of aryl methyl sites for hydroxylation is 1. The molecule has 0 radical (unpaired) electrons. The summed E-state index contributed by atoms with van der Waals surface area (Å²) in [5.74, 6) is 0.917. The number of rotatable bonds is 4. The Kier molecular flexibility index (Phi) is 5.59. The second kappa shape index (κ2) is 7.45. The van der Waals surface area contributed by atoms with Gasteiger partial charge in [0, 0.05) is 59.7 Å². The van der Waals surface area contributed by atoms with E-state index < -0.39 is 6.04 Å². The lowest BCUT2D eigenvalue weighted by molar-refractivity contribution is -0.130. The molecule has 1 aromatic heterocycles. The standard InChI is InChI=1S/C15H26N6O2/c1-12(14(22)18(2)3)17-15(23)21-9-7-20(8-10-21)11-13-16-5-6-19(13)4/h5-6,12H,7-11H2,1-4H3,(H,17,23)/t12-/m0/s1. The predicted molar refractivity (Wildman–Crippen MR) is 86.7 cm³/mol. The lowest BCUT2D eigenvalue weighted by Crippen LogP contribution is -2.55. The van der Waals surface area contributed by atoms with Crippen LogP contribution in [0.5, 0.6) is 0 Å². The van der Waals surface area contributed by atoms with E-state index in [4.69, 9.17) is 0 Å². The van der Waals surface area contributed by atoms with Gasteiger partial charge in [0.25, 0.3) is 0 Å². The van der Waals surface area contributed by atoms with Gasteiger partial charge in [0.2, 0.25) is 5.91 Å². The van der Waals surface area contributed by atoms with E-state index in [1.54, 1.807) is 32.1 Å². The van der Waals surface area contributed by atoms with Crippen molar-refractivity contribution in [3.8, 4) is 0 Å². The molecule has 8 nitrogen and oxygen atoms in total. The first kappa shape index (κ1) is 17.3. The first-order chi connectivity index (χ1) is 10.9. The highest BCUT2D eigenvalue weighted by atomic mass is 16.2. The van der Waals surface area contributed by atoms with Crippen LogP contribution >= 0.6 is 0 Å². The Morgan fingerprint density at radius 1 is 1.30 bits per heavy atom. The van der Waals surface area contributed by atoms with Gasteiger partial charge >= 0.3 is 6.03 Å². The highest BCUT2D eigenvalue weighted by Crippen LogP contribution is 2.07. The highest BCUT2D eigenvalue weighted by molar-refractivity contribution is 5.86. The quantitative estimate of drug-likeness (QED) is 0.828. The summed E-state index contributed by atoms with van der Waals surface area (Å²) in [6, 6.07) is -0.688. The van der Waals surface area contributed by atoms with Gasteiger partial charge in [-0.15, -0.1) is 0 Å². The van der Waals surface area contributed by atoms with E-state index in [-0.39, 0.29) is 11.9 Å². The Morgan fingerprint density at radius 3 is 2.48 bits per heavy atom. The molecule has 0 spiro atoms. The van der Waals surface area contributed by atoms with Gasteiger partial charge < -0.3 is 19.7 Å². The first-order valence-electron chi connectivity index (χ1n) is 7.83. The molecular formula is C15H26N6O2. The maximum Gasteiger partial charge on any atom is 0.318 e. The molecule has 1 fully saturated rings. The monoisotopic (exact) mass is 322 g/mol. The summed E-state index contributed by atoms with van der Waals surface area (Å²) in [6.07, 6.45) is 3.73. The van der Waals surface area contributed by atoms with Gasteiger partial charge in [-0.05, 0) is 6.92 Å². The van der Waals surface area contributed by atoms with E-state index in [1.165, 1.54) is 4.90 Å². The maximum atomic E-state index is 12.2. The van der Waals surface area contributed by atoms with Crippen LogP contribution in [-0.4, -0.2) is 82.5 Å². The summed E-state index contributed by atoms with van der Waals surface area (Å²) < 4.78 is 2.01. The summed E-state index contributed by atoms with van der Waals surface area (Å²) in [5, 5.41) is 2.76. The van der Waals surface area contributed by atoms with Crippen LogP contribution < -0.4 is 5.32 Å². The second-order valence-corrected chi connectivity index (χ2v) is 6.12. The third kappa shape index (κ3) is 4.44. The van der Waals surface area contributed by atoms with Crippen molar-refractivity contribution in [2.45, 2.75) is 19.5 Å². The lowest BCUT2D eigenvalue weighted by Gasteiger charge is -2.35. The Bertz CT molecular complexity index is 548. The van der Waals surface area contributed by atoms with Crippen molar-refractivity contribution in [3.63, 3.8) is 0 Å². The van der Waals surface area contributed by atoms with E-state index in [9.17, 15) is 9.59 Å². The van der Waals surface area contributed by atoms with Gasteiger partial charge in [-0.3, -0.25) is 9.69 Å². The Hall–Kier alpha value is -2.09. The van der Waals surface area contributed by atoms with Crippen LogP contribution in [0.2, 0.25) is 0 Å². The molecule has 1 atom stereocenters. The fourth-order valence-electron chi connectivity index (χ4n) is 2.58. The smallest absolute Gasteiger partial charge is 0.318 e. The molecule has 8 heteroatoms. The average molecular weight is 322 g/mol. The summed E-state index contributed by atoms with van der Waals surface area (Å²) in [7, 11) is 5.35. The minimum atomic E-state index is -0.511. The molecule has 0 bridgehead atoms. The number of hydrogen-bond donors (Lipinski definition) is 1. The zero-order valence-corrected chi connectivity index (χ0v) is 14.3. The van der Waals surface area contributed by atoms with Crippen LogP contribution in [0.1, 0.15) is 12.7 Å². The van der Waals surface area contributed by atoms with Crippen LogP contribution in [0.15, 0.2) is 12.4 Å². The van der Waals surface area contributed by atoms with Crippen LogP contribution in [0, 0.1) is 0 Å². The zero-order chi connectivity index (χ0) is 17.0. The SMILES string of the molecule is C[C@H](NC(=O)N1CCN(Cc2nccn2C)CC1)C(=O)N(C)C. The van der Waals surface area contributed by atoms with Crippen molar-refractivity contribution < 1.29 is 9.59 Å². The molecule has 3 amide bonds. The molecule has 0 aliphatic carbocycles. The van der Waals surface area contributed by atoms with Crippen LogP contribution in [0.25, 0.3) is 0 Å². The van der Waals surface area contributed by atoms with Gasteiger partial charge in [-0.25, -0.2) is 9.78 Å². The summed E-state index contributed by atoms with van der Waals surface area (Å²) in [5.41, 5.74) is 0. The third-order valence-corrected chi connectivity index (χ3v) is 4.10. The van der Waals surface area contributed by atoms with E-state index >= 15 is 0 Å². The van der Waals surface area contributed by atoms with E-state index in [1.807, 2.05) is 17.8 Å². The number of carbonyl (C=O) groups is 2. The molecule has 1 aromatic rings. The summed E-state index contributed by atoms with van der Waals surface area (Å²) in [6.45, 7) is 5.40. The summed E-state index contributed by atoms with van der Waals surface area (Å²) >= 11 is 0. The van der Waals surface area contributed by atoms with Crippen molar-refractivity contribution in [2.75, 3.05) is 40.3 Å². The third-order valence-electron chi connectivity index (χ3n) is 4.10. The number of piperazine rings is 1. The number of urea groups is 1. The molecule has 1 N–H and O–H groups in total. The molecule has 0 saturated carbocycles. The predicted octanol–water partition coefficient (Wildman–Crippen LogP) is -0.276. The van der Waals surface area contributed by atoms with Crippen LogP contribution in [0.4, 0.5) is 4.79 Å². The number of carbonyl (C=O) groups excluding carboxylic acids is 2. The number of amides is 3. The fraction of sp³-hybridized carbons (Fsp3) is 0.667. The molecular weight excluding hydrogens is 296 g/mol. The molecule has 23 heavy (non-hydrogen) atoms. The topological polar surface area (TPSA) is 73.7 Å². The number of nitrogens with one attached hydrogen (secondary N) is 1. The minimum Gasteiger partial charge on any atom is -0.347 e.